The zero-order valence-electron chi connectivity index (χ0n) is 16.3. The summed E-state index contributed by atoms with van der Waals surface area (Å²) in [6, 6.07) is 10.7. The molecule has 6 heteroatoms. The predicted octanol–water partition coefficient (Wildman–Crippen LogP) is 3.99. The van der Waals surface area contributed by atoms with Crippen molar-refractivity contribution in [2.45, 2.75) is 32.1 Å². The SMILES string of the molecule is COc1cc(OC)cc(-c2ccc(C(N)=O)c(NC(=O)C3CCCCC3)c2)c1. The predicted molar refractivity (Wildman–Crippen MR) is 109 cm³/mol. The van der Waals surface area contributed by atoms with Gasteiger partial charge in [0, 0.05) is 12.0 Å². The van der Waals surface area contributed by atoms with E-state index in [0.717, 1.165) is 36.8 Å². The number of amides is 2. The van der Waals surface area contributed by atoms with Crippen molar-refractivity contribution in [2.24, 2.45) is 11.7 Å². The van der Waals surface area contributed by atoms with Crippen molar-refractivity contribution >= 4 is 17.5 Å². The Morgan fingerprint density at radius 3 is 2.14 bits per heavy atom. The number of anilines is 1. The smallest absolute Gasteiger partial charge is 0.250 e. The fourth-order valence-electron chi connectivity index (χ4n) is 3.62. The van der Waals surface area contributed by atoms with Crippen LogP contribution in [0.3, 0.4) is 0 Å². The van der Waals surface area contributed by atoms with Crippen LogP contribution >= 0.6 is 0 Å². The van der Waals surface area contributed by atoms with Crippen molar-refractivity contribution in [3.05, 3.63) is 42.0 Å². The Hall–Kier alpha value is -3.02. The first-order valence-corrected chi connectivity index (χ1v) is 9.50. The van der Waals surface area contributed by atoms with Crippen LogP contribution in [-0.4, -0.2) is 26.0 Å². The Balaban J connectivity index is 1.95. The average molecular weight is 382 g/mol. The van der Waals surface area contributed by atoms with E-state index in [1.165, 1.54) is 6.42 Å². The van der Waals surface area contributed by atoms with Gasteiger partial charge in [-0.05, 0) is 48.2 Å². The van der Waals surface area contributed by atoms with Gasteiger partial charge in [-0.3, -0.25) is 9.59 Å². The standard InChI is InChI=1S/C22H26N2O4/c1-27-17-10-16(11-18(13-17)28-2)15-8-9-19(21(23)25)20(12-15)24-22(26)14-6-4-3-5-7-14/h8-14H,3-7H2,1-2H3,(H2,23,25)(H,24,26). The molecule has 148 valence electrons. The number of rotatable bonds is 6. The molecular weight excluding hydrogens is 356 g/mol. The molecule has 0 unspecified atom stereocenters. The highest BCUT2D eigenvalue weighted by Gasteiger charge is 2.22. The van der Waals surface area contributed by atoms with Crippen molar-refractivity contribution < 1.29 is 19.1 Å². The van der Waals surface area contributed by atoms with Crippen LogP contribution in [0.4, 0.5) is 5.69 Å². The Morgan fingerprint density at radius 2 is 1.57 bits per heavy atom. The molecule has 2 amide bonds. The summed E-state index contributed by atoms with van der Waals surface area (Å²) in [7, 11) is 3.18. The first-order chi connectivity index (χ1) is 13.5. The Bertz CT molecular complexity index is 851. The molecule has 0 aromatic heterocycles. The largest absolute Gasteiger partial charge is 0.497 e. The number of nitrogens with one attached hydrogen (secondary N) is 1. The lowest BCUT2D eigenvalue weighted by atomic mass is 9.88. The second kappa shape index (κ2) is 8.78. The lowest BCUT2D eigenvalue weighted by molar-refractivity contribution is -0.120. The fraction of sp³-hybridized carbons (Fsp3) is 0.364. The number of hydrogen-bond acceptors (Lipinski definition) is 4. The number of nitrogens with two attached hydrogens (primary N) is 1. The first kappa shape index (κ1) is 19.7. The van der Waals surface area contributed by atoms with Crippen molar-refractivity contribution in [1.82, 2.24) is 0 Å². The van der Waals surface area contributed by atoms with Crippen LogP contribution in [0, 0.1) is 5.92 Å². The van der Waals surface area contributed by atoms with Crippen LogP contribution in [0.5, 0.6) is 11.5 Å². The van der Waals surface area contributed by atoms with E-state index >= 15 is 0 Å². The van der Waals surface area contributed by atoms with Crippen LogP contribution in [-0.2, 0) is 4.79 Å². The third kappa shape index (κ3) is 4.44. The van der Waals surface area contributed by atoms with Gasteiger partial charge in [0.05, 0.1) is 25.5 Å². The van der Waals surface area contributed by atoms with Crippen LogP contribution in [0.1, 0.15) is 42.5 Å². The highest BCUT2D eigenvalue weighted by atomic mass is 16.5. The van der Waals surface area contributed by atoms with E-state index in [1.54, 1.807) is 38.5 Å². The summed E-state index contributed by atoms with van der Waals surface area (Å²) < 4.78 is 10.7. The van der Waals surface area contributed by atoms with E-state index in [0.29, 0.717) is 22.7 Å². The monoisotopic (exact) mass is 382 g/mol. The van der Waals surface area contributed by atoms with Crippen molar-refractivity contribution in [1.29, 1.82) is 0 Å². The zero-order chi connectivity index (χ0) is 20.1. The molecule has 0 spiro atoms. The van der Waals surface area contributed by atoms with Gasteiger partial charge in [0.2, 0.25) is 5.91 Å². The van der Waals surface area contributed by atoms with Gasteiger partial charge in [-0.2, -0.15) is 0 Å². The Labute approximate surface area is 165 Å². The summed E-state index contributed by atoms with van der Waals surface area (Å²) in [5, 5.41) is 2.93. The lowest BCUT2D eigenvalue weighted by Crippen LogP contribution is -2.26. The molecule has 28 heavy (non-hydrogen) atoms. The van der Waals surface area contributed by atoms with Gasteiger partial charge in [-0.25, -0.2) is 0 Å². The van der Waals surface area contributed by atoms with E-state index in [9.17, 15) is 9.59 Å². The summed E-state index contributed by atoms with van der Waals surface area (Å²) in [6.45, 7) is 0. The maximum Gasteiger partial charge on any atom is 0.250 e. The number of hydrogen-bond donors (Lipinski definition) is 2. The van der Waals surface area contributed by atoms with Crippen LogP contribution < -0.4 is 20.5 Å². The maximum absolute atomic E-state index is 12.7. The molecule has 6 nitrogen and oxygen atoms in total. The van der Waals surface area contributed by atoms with Gasteiger partial charge in [0.25, 0.3) is 5.91 Å². The molecule has 0 aliphatic heterocycles. The molecule has 1 aliphatic rings. The minimum Gasteiger partial charge on any atom is -0.497 e. The number of carbonyl (C=O) groups excluding carboxylic acids is 2. The van der Waals surface area contributed by atoms with Gasteiger partial charge in [-0.15, -0.1) is 0 Å². The lowest BCUT2D eigenvalue weighted by Gasteiger charge is -2.21. The van der Waals surface area contributed by atoms with Crippen molar-refractivity contribution in [3.8, 4) is 22.6 Å². The van der Waals surface area contributed by atoms with E-state index in [1.807, 2.05) is 12.1 Å². The summed E-state index contributed by atoms with van der Waals surface area (Å²) >= 11 is 0. The Morgan fingerprint density at radius 1 is 0.929 bits per heavy atom. The van der Waals surface area contributed by atoms with Gasteiger partial charge >= 0.3 is 0 Å². The highest BCUT2D eigenvalue weighted by Crippen LogP contribution is 2.33. The molecule has 1 aliphatic carbocycles. The summed E-state index contributed by atoms with van der Waals surface area (Å²) in [5.41, 5.74) is 7.91. The van der Waals surface area contributed by atoms with Crippen LogP contribution in [0.25, 0.3) is 11.1 Å². The first-order valence-electron chi connectivity index (χ1n) is 9.50. The zero-order valence-corrected chi connectivity index (χ0v) is 16.3. The molecule has 0 heterocycles. The minimum atomic E-state index is -0.575. The molecule has 0 atom stereocenters. The number of primary amides is 1. The molecule has 0 saturated heterocycles. The molecule has 2 aromatic carbocycles. The number of methoxy groups -OCH3 is 2. The van der Waals surface area contributed by atoms with Gasteiger partial charge in [0.1, 0.15) is 11.5 Å². The maximum atomic E-state index is 12.7. The van der Waals surface area contributed by atoms with E-state index < -0.39 is 5.91 Å². The molecule has 2 aromatic rings. The quantitative estimate of drug-likeness (QED) is 0.790. The normalized spacial score (nSPS) is 14.4. The second-order valence-corrected chi connectivity index (χ2v) is 7.05. The van der Waals surface area contributed by atoms with E-state index in [2.05, 4.69) is 5.32 Å². The molecule has 1 saturated carbocycles. The van der Waals surface area contributed by atoms with Gasteiger partial charge in [0.15, 0.2) is 0 Å². The molecule has 0 radical (unpaired) electrons. The van der Waals surface area contributed by atoms with E-state index in [-0.39, 0.29) is 11.8 Å². The fourth-order valence-corrected chi connectivity index (χ4v) is 3.62. The molecule has 0 bridgehead atoms. The number of ether oxygens (including phenoxy) is 2. The van der Waals surface area contributed by atoms with Gasteiger partial charge < -0.3 is 20.5 Å². The molecule has 3 N–H and O–H groups in total. The van der Waals surface area contributed by atoms with Crippen molar-refractivity contribution in [3.63, 3.8) is 0 Å². The summed E-state index contributed by atoms with van der Waals surface area (Å²) in [5.74, 6) is 0.661. The number of benzene rings is 2. The molecule has 3 rings (SSSR count). The highest BCUT2D eigenvalue weighted by molar-refractivity contribution is 6.04. The van der Waals surface area contributed by atoms with Crippen LogP contribution in [0.15, 0.2) is 36.4 Å². The molecular formula is C22H26N2O4. The minimum absolute atomic E-state index is 0.0185. The summed E-state index contributed by atoms with van der Waals surface area (Å²) in [6.07, 6.45) is 5.05. The van der Waals surface area contributed by atoms with Crippen LogP contribution in [0.2, 0.25) is 0 Å². The third-order valence-electron chi connectivity index (χ3n) is 5.20. The van der Waals surface area contributed by atoms with E-state index in [4.69, 9.17) is 15.2 Å². The second-order valence-electron chi connectivity index (χ2n) is 7.05. The van der Waals surface area contributed by atoms with Crippen molar-refractivity contribution in [2.75, 3.05) is 19.5 Å². The van der Waals surface area contributed by atoms with Gasteiger partial charge in [-0.1, -0.05) is 25.3 Å². The topological polar surface area (TPSA) is 90.7 Å². The summed E-state index contributed by atoms with van der Waals surface area (Å²) in [4.78, 5) is 24.5. The Kier molecular flexibility index (Phi) is 6.19. The molecule has 1 fully saturated rings. The average Bonchev–Trinajstić information content (AvgIpc) is 2.73. The number of carbonyl (C=O) groups is 2. The third-order valence-corrected chi connectivity index (χ3v) is 5.20.